The van der Waals surface area contributed by atoms with Crippen molar-refractivity contribution in [2.45, 2.75) is 33.1 Å². The molecule has 0 atom stereocenters. The van der Waals surface area contributed by atoms with Crippen molar-refractivity contribution in [2.75, 3.05) is 13.2 Å². The van der Waals surface area contributed by atoms with Gasteiger partial charge in [0.2, 0.25) is 0 Å². The summed E-state index contributed by atoms with van der Waals surface area (Å²) >= 11 is 1.55. The van der Waals surface area contributed by atoms with E-state index in [2.05, 4.69) is 11.9 Å². The molecule has 0 bridgehead atoms. The number of rotatable bonds is 7. The van der Waals surface area contributed by atoms with Crippen LogP contribution in [0.1, 0.15) is 30.5 Å². The lowest BCUT2D eigenvalue weighted by Gasteiger charge is -2.00. The second-order valence-corrected chi connectivity index (χ2v) is 4.40. The molecule has 1 heterocycles. The molecule has 1 aromatic rings. The van der Waals surface area contributed by atoms with Crippen molar-refractivity contribution < 1.29 is 9.53 Å². The summed E-state index contributed by atoms with van der Waals surface area (Å²) in [6.45, 7) is 5.27. The minimum Gasteiger partial charge on any atom is -0.381 e. The van der Waals surface area contributed by atoms with Crippen molar-refractivity contribution in [3.05, 3.63) is 16.1 Å². The fourth-order valence-corrected chi connectivity index (χ4v) is 1.97. The fraction of sp³-hybridized carbons (Fsp3) is 0.636. The number of aromatic nitrogens is 1. The maximum atomic E-state index is 11.5. The van der Waals surface area contributed by atoms with E-state index in [4.69, 9.17) is 4.74 Å². The number of nitrogens with zero attached hydrogens (tertiary/aromatic N) is 1. The summed E-state index contributed by atoms with van der Waals surface area (Å²) in [7, 11) is 0. The quantitative estimate of drug-likeness (QED) is 0.671. The molecule has 0 aliphatic carbocycles. The first-order valence-corrected chi connectivity index (χ1v) is 6.10. The van der Waals surface area contributed by atoms with E-state index in [1.54, 1.807) is 11.3 Å². The molecule has 0 aliphatic rings. The average molecular weight is 227 g/mol. The predicted octanol–water partition coefficient (Wildman–Crippen LogP) is 2.38. The van der Waals surface area contributed by atoms with Crippen LogP contribution in [0.4, 0.5) is 0 Å². The van der Waals surface area contributed by atoms with E-state index >= 15 is 0 Å². The molecule has 0 saturated carbocycles. The van der Waals surface area contributed by atoms with Crippen LogP contribution in [0.3, 0.4) is 0 Å². The van der Waals surface area contributed by atoms with Crippen LogP contribution in [0, 0.1) is 6.92 Å². The van der Waals surface area contributed by atoms with Gasteiger partial charge >= 0.3 is 0 Å². The molecule has 84 valence electrons. The molecular formula is C11H17NO2S. The van der Waals surface area contributed by atoms with Gasteiger partial charge in [-0.05, 0) is 13.3 Å². The van der Waals surface area contributed by atoms with E-state index < -0.39 is 0 Å². The summed E-state index contributed by atoms with van der Waals surface area (Å²) < 4.78 is 5.26. The van der Waals surface area contributed by atoms with Crippen molar-refractivity contribution in [3.63, 3.8) is 0 Å². The Balaban J connectivity index is 2.18. The number of carbonyl (C=O) groups is 1. The summed E-state index contributed by atoms with van der Waals surface area (Å²) in [5, 5.41) is 2.88. The van der Waals surface area contributed by atoms with Gasteiger partial charge in [0, 0.05) is 24.1 Å². The number of Topliss-reactive ketones (excluding diaryl/α,β-unsaturated/α-hetero) is 1. The number of ketones is 1. The highest BCUT2D eigenvalue weighted by molar-refractivity contribution is 7.09. The van der Waals surface area contributed by atoms with Crippen LogP contribution in [-0.2, 0) is 16.0 Å². The summed E-state index contributed by atoms with van der Waals surface area (Å²) in [6, 6.07) is 0. The number of hydrogen-bond acceptors (Lipinski definition) is 4. The first-order chi connectivity index (χ1) is 7.22. The largest absolute Gasteiger partial charge is 0.381 e. The summed E-state index contributed by atoms with van der Waals surface area (Å²) in [6.07, 6.45) is 1.95. The van der Waals surface area contributed by atoms with Crippen LogP contribution in [0.15, 0.2) is 5.38 Å². The number of carbonyl (C=O) groups excluding carboxylic acids is 1. The average Bonchev–Trinajstić information content (AvgIpc) is 2.59. The Bertz CT molecular complexity index is 309. The second-order valence-electron chi connectivity index (χ2n) is 3.46. The Kier molecular flexibility index (Phi) is 5.50. The monoisotopic (exact) mass is 227 g/mol. The second kappa shape index (κ2) is 6.69. The minimum atomic E-state index is 0.209. The van der Waals surface area contributed by atoms with Crippen molar-refractivity contribution in [1.82, 2.24) is 4.98 Å². The van der Waals surface area contributed by atoms with Crippen molar-refractivity contribution >= 4 is 17.1 Å². The number of aryl methyl sites for hydroxylation is 1. The van der Waals surface area contributed by atoms with Crippen molar-refractivity contribution in [3.8, 4) is 0 Å². The Morgan fingerprint density at radius 3 is 2.93 bits per heavy atom. The van der Waals surface area contributed by atoms with E-state index in [9.17, 15) is 4.79 Å². The van der Waals surface area contributed by atoms with Gasteiger partial charge < -0.3 is 4.74 Å². The van der Waals surface area contributed by atoms with Gasteiger partial charge in [0.25, 0.3) is 0 Å². The molecule has 0 fully saturated rings. The molecule has 0 radical (unpaired) electrons. The molecule has 4 heteroatoms. The molecule has 0 amide bonds. The summed E-state index contributed by atoms with van der Waals surface area (Å²) in [4.78, 5) is 15.7. The van der Waals surface area contributed by atoms with E-state index in [0.29, 0.717) is 19.4 Å². The first-order valence-electron chi connectivity index (χ1n) is 5.22. The van der Waals surface area contributed by atoms with Gasteiger partial charge in [-0.3, -0.25) is 4.79 Å². The highest BCUT2D eigenvalue weighted by Crippen LogP contribution is 2.10. The van der Waals surface area contributed by atoms with Gasteiger partial charge in [-0.25, -0.2) is 4.98 Å². The van der Waals surface area contributed by atoms with Crippen LogP contribution in [0.2, 0.25) is 0 Å². The molecule has 0 N–H and O–H groups in total. The van der Waals surface area contributed by atoms with Crippen molar-refractivity contribution in [2.24, 2.45) is 0 Å². The molecule has 1 rings (SSSR count). The Morgan fingerprint density at radius 2 is 2.33 bits per heavy atom. The van der Waals surface area contributed by atoms with Gasteiger partial charge in [-0.15, -0.1) is 11.3 Å². The van der Waals surface area contributed by atoms with Gasteiger partial charge in [0.05, 0.1) is 13.0 Å². The molecule has 0 saturated heterocycles. The van der Waals surface area contributed by atoms with Crippen molar-refractivity contribution in [1.29, 1.82) is 0 Å². The molecule has 0 spiro atoms. The SMILES string of the molecule is CCCOCCC(=O)Cc1nc(C)cs1. The minimum absolute atomic E-state index is 0.209. The zero-order chi connectivity index (χ0) is 11.1. The maximum absolute atomic E-state index is 11.5. The molecule has 0 aliphatic heterocycles. The van der Waals surface area contributed by atoms with Gasteiger partial charge in [0.1, 0.15) is 10.8 Å². The van der Waals surface area contributed by atoms with Gasteiger partial charge in [-0.1, -0.05) is 6.92 Å². The molecule has 15 heavy (non-hydrogen) atoms. The lowest BCUT2D eigenvalue weighted by atomic mass is 10.2. The number of hydrogen-bond donors (Lipinski definition) is 0. The zero-order valence-electron chi connectivity index (χ0n) is 9.28. The maximum Gasteiger partial charge on any atom is 0.141 e. The smallest absolute Gasteiger partial charge is 0.141 e. The van der Waals surface area contributed by atoms with Crippen LogP contribution in [0.25, 0.3) is 0 Å². The predicted molar refractivity (Wildman–Crippen MR) is 61.3 cm³/mol. The first kappa shape index (κ1) is 12.3. The summed E-state index contributed by atoms with van der Waals surface area (Å²) in [5.74, 6) is 0.209. The third-order valence-corrected chi connectivity index (χ3v) is 2.86. The lowest BCUT2D eigenvalue weighted by molar-refractivity contribution is -0.119. The lowest BCUT2D eigenvalue weighted by Crippen LogP contribution is -2.07. The van der Waals surface area contributed by atoms with E-state index in [1.165, 1.54) is 0 Å². The van der Waals surface area contributed by atoms with E-state index in [0.717, 1.165) is 23.7 Å². The molecule has 3 nitrogen and oxygen atoms in total. The van der Waals surface area contributed by atoms with Gasteiger partial charge in [0.15, 0.2) is 0 Å². The Labute approximate surface area is 94.5 Å². The molecule has 0 unspecified atom stereocenters. The Hall–Kier alpha value is -0.740. The third kappa shape index (κ3) is 5.04. The van der Waals surface area contributed by atoms with Crippen LogP contribution in [-0.4, -0.2) is 24.0 Å². The van der Waals surface area contributed by atoms with E-state index in [-0.39, 0.29) is 5.78 Å². The van der Waals surface area contributed by atoms with Crippen LogP contribution < -0.4 is 0 Å². The molecule has 0 aromatic carbocycles. The van der Waals surface area contributed by atoms with Crippen LogP contribution >= 0.6 is 11.3 Å². The van der Waals surface area contributed by atoms with Gasteiger partial charge in [-0.2, -0.15) is 0 Å². The molecule has 1 aromatic heterocycles. The zero-order valence-corrected chi connectivity index (χ0v) is 10.1. The molecular weight excluding hydrogens is 210 g/mol. The number of ether oxygens (including phenoxy) is 1. The highest BCUT2D eigenvalue weighted by atomic mass is 32.1. The fourth-order valence-electron chi connectivity index (χ4n) is 1.17. The topological polar surface area (TPSA) is 39.2 Å². The highest BCUT2D eigenvalue weighted by Gasteiger charge is 2.06. The van der Waals surface area contributed by atoms with Crippen LogP contribution in [0.5, 0.6) is 0 Å². The summed E-state index contributed by atoms with van der Waals surface area (Å²) in [5.41, 5.74) is 0.991. The number of thiazole rings is 1. The standard InChI is InChI=1S/C11H17NO2S/c1-3-5-14-6-4-10(13)7-11-12-9(2)8-15-11/h8H,3-7H2,1-2H3. The Morgan fingerprint density at radius 1 is 1.53 bits per heavy atom. The normalized spacial score (nSPS) is 10.5. The van der Waals surface area contributed by atoms with E-state index in [1.807, 2.05) is 12.3 Å². The third-order valence-electron chi connectivity index (χ3n) is 1.89.